The van der Waals surface area contributed by atoms with Gasteiger partial charge in [0, 0.05) is 24.6 Å². The Morgan fingerprint density at radius 3 is 2.82 bits per heavy atom. The third-order valence-corrected chi connectivity index (χ3v) is 2.72. The first-order valence-corrected chi connectivity index (χ1v) is 5.46. The van der Waals surface area contributed by atoms with Crippen LogP contribution in [0.15, 0.2) is 42.9 Å². The zero-order chi connectivity index (χ0) is 12.3. The van der Waals surface area contributed by atoms with Gasteiger partial charge in [0.2, 0.25) is 0 Å². The van der Waals surface area contributed by atoms with Crippen molar-refractivity contribution in [1.29, 1.82) is 5.26 Å². The van der Waals surface area contributed by atoms with E-state index in [-0.39, 0.29) is 12.1 Å². The summed E-state index contributed by atoms with van der Waals surface area (Å²) in [7, 11) is 0. The van der Waals surface area contributed by atoms with Crippen molar-refractivity contribution < 1.29 is 0 Å². The van der Waals surface area contributed by atoms with Crippen molar-refractivity contribution in [2.75, 3.05) is 0 Å². The average Bonchev–Trinajstić information content (AvgIpc) is 2.78. The minimum atomic E-state index is -0.0984. The van der Waals surface area contributed by atoms with E-state index in [1.165, 1.54) is 0 Å². The van der Waals surface area contributed by atoms with E-state index in [4.69, 9.17) is 11.0 Å². The molecule has 4 heteroatoms. The molecule has 0 fully saturated rings. The summed E-state index contributed by atoms with van der Waals surface area (Å²) in [6.45, 7) is 1.93. The van der Waals surface area contributed by atoms with Gasteiger partial charge in [-0.05, 0) is 30.7 Å². The Balaban J connectivity index is 2.48. The van der Waals surface area contributed by atoms with Crippen LogP contribution in [0.2, 0.25) is 0 Å². The van der Waals surface area contributed by atoms with Gasteiger partial charge in [-0.15, -0.1) is 0 Å². The van der Waals surface area contributed by atoms with E-state index in [0.29, 0.717) is 5.69 Å². The topological polar surface area (TPSA) is 67.6 Å². The van der Waals surface area contributed by atoms with Crippen molar-refractivity contribution in [2.45, 2.75) is 19.0 Å². The molecule has 0 bridgehead atoms. The van der Waals surface area contributed by atoms with Crippen LogP contribution in [-0.4, -0.2) is 15.6 Å². The lowest BCUT2D eigenvalue weighted by Gasteiger charge is -2.23. The van der Waals surface area contributed by atoms with Crippen LogP contribution in [-0.2, 0) is 0 Å². The Morgan fingerprint density at radius 2 is 2.24 bits per heavy atom. The number of hydrogen-bond donors (Lipinski definition) is 1. The second kappa shape index (κ2) is 4.81. The predicted octanol–water partition coefficient (Wildman–Crippen LogP) is 1.69. The van der Waals surface area contributed by atoms with Gasteiger partial charge in [-0.2, -0.15) is 5.26 Å². The number of nitriles is 1. The Hall–Kier alpha value is -2.12. The molecule has 2 aromatic rings. The number of pyridine rings is 1. The van der Waals surface area contributed by atoms with Gasteiger partial charge in [-0.25, -0.2) is 0 Å². The second-order valence-corrected chi connectivity index (χ2v) is 4.00. The first-order chi connectivity index (χ1) is 8.24. The highest BCUT2D eigenvalue weighted by atomic mass is 15.0. The molecule has 0 amide bonds. The minimum absolute atomic E-state index is 0.0617. The smallest absolute Gasteiger partial charge is 0.120 e. The van der Waals surface area contributed by atoms with E-state index in [0.717, 1.165) is 5.56 Å². The van der Waals surface area contributed by atoms with Gasteiger partial charge in [0.05, 0.1) is 6.04 Å². The van der Waals surface area contributed by atoms with E-state index in [1.54, 1.807) is 18.5 Å². The maximum Gasteiger partial charge on any atom is 0.120 e. The van der Waals surface area contributed by atoms with Crippen LogP contribution in [0.25, 0.3) is 0 Å². The Kier molecular flexibility index (Phi) is 3.22. The largest absolute Gasteiger partial charge is 0.330 e. The first kappa shape index (κ1) is 11.4. The van der Waals surface area contributed by atoms with Gasteiger partial charge in [-0.1, -0.05) is 6.07 Å². The van der Waals surface area contributed by atoms with Crippen LogP contribution in [0, 0.1) is 11.3 Å². The fourth-order valence-corrected chi connectivity index (χ4v) is 2.00. The van der Waals surface area contributed by atoms with Gasteiger partial charge < -0.3 is 10.3 Å². The van der Waals surface area contributed by atoms with E-state index < -0.39 is 0 Å². The molecule has 0 saturated carbocycles. The quantitative estimate of drug-likeness (QED) is 0.866. The third-order valence-electron chi connectivity index (χ3n) is 2.72. The summed E-state index contributed by atoms with van der Waals surface area (Å²) in [5.41, 5.74) is 7.64. The number of hydrogen-bond acceptors (Lipinski definition) is 3. The molecule has 0 aliphatic rings. The molecule has 0 radical (unpaired) electrons. The molecule has 2 aromatic heterocycles. The highest BCUT2D eigenvalue weighted by Crippen LogP contribution is 2.22. The summed E-state index contributed by atoms with van der Waals surface area (Å²) in [6.07, 6.45) is 5.39. The van der Waals surface area contributed by atoms with E-state index in [1.807, 2.05) is 35.9 Å². The van der Waals surface area contributed by atoms with Gasteiger partial charge in [0.15, 0.2) is 0 Å². The average molecular weight is 226 g/mol. The van der Waals surface area contributed by atoms with Crippen molar-refractivity contribution in [3.05, 3.63) is 54.1 Å². The van der Waals surface area contributed by atoms with Crippen LogP contribution in [0.5, 0.6) is 0 Å². The molecule has 2 unspecified atom stereocenters. The summed E-state index contributed by atoms with van der Waals surface area (Å²) < 4.78 is 1.89. The van der Waals surface area contributed by atoms with Gasteiger partial charge in [-0.3, -0.25) is 4.98 Å². The van der Waals surface area contributed by atoms with E-state index >= 15 is 0 Å². The number of aromatic nitrogens is 2. The monoisotopic (exact) mass is 226 g/mol. The SMILES string of the molecule is CC(N)C(c1cccnc1)n1cccc1C#N. The number of nitrogens with zero attached hydrogens (tertiary/aromatic N) is 3. The summed E-state index contributed by atoms with van der Waals surface area (Å²) in [6, 6.07) is 9.49. The molecular formula is C13H14N4. The van der Waals surface area contributed by atoms with Crippen LogP contribution in [0.1, 0.15) is 24.2 Å². The molecule has 0 saturated heterocycles. The molecule has 2 heterocycles. The molecule has 2 rings (SSSR count). The third kappa shape index (κ3) is 2.19. The van der Waals surface area contributed by atoms with Crippen molar-refractivity contribution in [2.24, 2.45) is 5.73 Å². The summed E-state index contributed by atoms with van der Waals surface area (Å²) >= 11 is 0. The molecule has 4 nitrogen and oxygen atoms in total. The second-order valence-electron chi connectivity index (χ2n) is 4.00. The Morgan fingerprint density at radius 1 is 1.41 bits per heavy atom. The zero-order valence-corrected chi connectivity index (χ0v) is 9.62. The molecule has 86 valence electrons. The summed E-state index contributed by atoms with van der Waals surface area (Å²) in [5, 5.41) is 9.06. The van der Waals surface area contributed by atoms with Crippen molar-refractivity contribution in [3.63, 3.8) is 0 Å². The van der Waals surface area contributed by atoms with Crippen LogP contribution < -0.4 is 5.73 Å². The molecule has 2 N–H and O–H groups in total. The lowest BCUT2D eigenvalue weighted by Crippen LogP contribution is -2.30. The highest BCUT2D eigenvalue weighted by Gasteiger charge is 2.19. The van der Waals surface area contributed by atoms with E-state index in [2.05, 4.69) is 11.1 Å². The zero-order valence-electron chi connectivity index (χ0n) is 9.62. The lowest BCUT2D eigenvalue weighted by atomic mass is 10.0. The van der Waals surface area contributed by atoms with E-state index in [9.17, 15) is 0 Å². The molecule has 17 heavy (non-hydrogen) atoms. The number of nitrogens with two attached hydrogens (primary N) is 1. The van der Waals surface area contributed by atoms with Crippen molar-refractivity contribution in [3.8, 4) is 6.07 Å². The summed E-state index contributed by atoms with van der Waals surface area (Å²) in [4.78, 5) is 4.10. The fourth-order valence-electron chi connectivity index (χ4n) is 2.00. The number of rotatable bonds is 3. The maximum atomic E-state index is 9.06. The fraction of sp³-hybridized carbons (Fsp3) is 0.231. The molecule has 0 aromatic carbocycles. The van der Waals surface area contributed by atoms with Crippen LogP contribution in [0.3, 0.4) is 0 Å². The van der Waals surface area contributed by atoms with Crippen molar-refractivity contribution in [1.82, 2.24) is 9.55 Å². The van der Waals surface area contributed by atoms with Crippen LogP contribution in [0.4, 0.5) is 0 Å². The van der Waals surface area contributed by atoms with Gasteiger partial charge in [0.25, 0.3) is 0 Å². The lowest BCUT2D eigenvalue weighted by molar-refractivity contribution is 0.493. The highest BCUT2D eigenvalue weighted by molar-refractivity contribution is 5.27. The molecule has 2 atom stereocenters. The maximum absolute atomic E-state index is 9.06. The van der Waals surface area contributed by atoms with Crippen LogP contribution >= 0.6 is 0 Å². The Bertz CT molecular complexity index is 522. The molecular weight excluding hydrogens is 212 g/mol. The molecule has 0 aliphatic carbocycles. The Labute approximate surface area is 100 Å². The van der Waals surface area contributed by atoms with Gasteiger partial charge in [0.1, 0.15) is 11.8 Å². The summed E-state index contributed by atoms with van der Waals surface area (Å²) in [5.74, 6) is 0. The molecule has 0 aliphatic heterocycles. The van der Waals surface area contributed by atoms with Gasteiger partial charge >= 0.3 is 0 Å². The van der Waals surface area contributed by atoms with Crippen molar-refractivity contribution >= 4 is 0 Å². The standard InChI is InChI=1S/C13H14N4/c1-10(15)13(11-4-2-6-16-9-11)17-7-3-5-12(17)8-14/h2-7,9-10,13H,15H2,1H3. The normalized spacial score (nSPS) is 13.9. The predicted molar refractivity (Wildman–Crippen MR) is 65.2 cm³/mol. The minimum Gasteiger partial charge on any atom is -0.330 e. The molecule has 0 spiro atoms. The first-order valence-electron chi connectivity index (χ1n) is 5.46.